The molecule has 0 bridgehead atoms. The van der Waals surface area contributed by atoms with Gasteiger partial charge in [-0.1, -0.05) is 0 Å². The summed E-state index contributed by atoms with van der Waals surface area (Å²) in [5.74, 6) is -0.0303. The molecule has 1 N–H and O–H groups in total. The highest BCUT2D eigenvalue weighted by Crippen LogP contribution is 2.25. The molecule has 0 fully saturated rings. The van der Waals surface area contributed by atoms with Gasteiger partial charge in [0.15, 0.2) is 0 Å². The fourth-order valence-electron chi connectivity index (χ4n) is 1.52. The first-order chi connectivity index (χ1) is 9.26. The summed E-state index contributed by atoms with van der Waals surface area (Å²) >= 11 is 1.87. The standard InChI is InChI=1S/C12H8F3IN2O2/c1-6-9(16)11(19)18-10(17-6)7-2-4-8(5-3-7)20-12(13,14)15/h2-5H,1H3,(H,17,18,19). The minimum atomic E-state index is -4.73. The van der Waals surface area contributed by atoms with Crippen LogP contribution in [-0.2, 0) is 0 Å². The van der Waals surface area contributed by atoms with Crippen molar-refractivity contribution in [3.63, 3.8) is 0 Å². The quantitative estimate of drug-likeness (QED) is 0.794. The van der Waals surface area contributed by atoms with Crippen molar-refractivity contribution < 1.29 is 17.9 Å². The average molecular weight is 396 g/mol. The van der Waals surface area contributed by atoms with Gasteiger partial charge in [0, 0.05) is 5.56 Å². The number of ether oxygens (including phenoxy) is 1. The molecule has 1 heterocycles. The minimum Gasteiger partial charge on any atom is -0.406 e. The maximum atomic E-state index is 12.0. The Morgan fingerprint density at radius 2 is 1.85 bits per heavy atom. The number of halogens is 4. The van der Waals surface area contributed by atoms with Crippen LogP contribution in [0.15, 0.2) is 29.1 Å². The van der Waals surface area contributed by atoms with Gasteiger partial charge < -0.3 is 9.72 Å². The van der Waals surface area contributed by atoms with Gasteiger partial charge in [-0.05, 0) is 53.8 Å². The van der Waals surface area contributed by atoms with E-state index in [4.69, 9.17) is 0 Å². The van der Waals surface area contributed by atoms with Gasteiger partial charge in [0.25, 0.3) is 5.56 Å². The second-order valence-electron chi connectivity index (χ2n) is 3.89. The second-order valence-corrected chi connectivity index (χ2v) is 4.96. The zero-order valence-electron chi connectivity index (χ0n) is 10.1. The molecule has 1 aromatic heterocycles. The van der Waals surface area contributed by atoms with E-state index in [0.29, 0.717) is 20.7 Å². The molecular formula is C12H8F3IN2O2. The summed E-state index contributed by atoms with van der Waals surface area (Å²) in [6.45, 7) is 1.68. The van der Waals surface area contributed by atoms with Crippen molar-refractivity contribution in [1.82, 2.24) is 9.97 Å². The lowest BCUT2D eigenvalue weighted by Gasteiger charge is -2.09. The Labute approximate surface area is 125 Å². The van der Waals surface area contributed by atoms with E-state index in [0.717, 1.165) is 12.1 Å². The Hall–Kier alpha value is -1.58. The monoisotopic (exact) mass is 396 g/mol. The first kappa shape index (κ1) is 14.8. The average Bonchev–Trinajstić information content (AvgIpc) is 2.34. The van der Waals surface area contributed by atoms with Gasteiger partial charge >= 0.3 is 6.36 Å². The first-order valence-electron chi connectivity index (χ1n) is 5.39. The largest absolute Gasteiger partial charge is 0.573 e. The van der Waals surface area contributed by atoms with Crippen LogP contribution < -0.4 is 10.3 Å². The van der Waals surface area contributed by atoms with Crippen molar-refractivity contribution in [2.75, 3.05) is 0 Å². The number of benzene rings is 1. The van der Waals surface area contributed by atoms with Crippen LogP contribution in [0.3, 0.4) is 0 Å². The zero-order chi connectivity index (χ0) is 14.9. The highest BCUT2D eigenvalue weighted by molar-refractivity contribution is 14.1. The van der Waals surface area contributed by atoms with Gasteiger partial charge in [0.2, 0.25) is 0 Å². The summed E-state index contributed by atoms with van der Waals surface area (Å²) in [6.07, 6.45) is -4.73. The Kier molecular flexibility index (Phi) is 4.02. The molecule has 2 rings (SSSR count). The molecular weight excluding hydrogens is 388 g/mol. The number of nitrogens with zero attached hydrogens (tertiary/aromatic N) is 1. The molecule has 0 spiro atoms. The van der Waals surface area contributed by atoms with Gasteiger partial charge in [-0.15, -0.1) is 13.2 Å². The summed E-state index contributed by atoms with van der Waals surface area (Å²) in [5.41, 5.74) is 0.764. The molecule has 0 radical (unpaired) electrons. The van der Waals surface area contributed by atoms with Crippen LogP contribution in [0.2, 0.25) is 0 Å². The van der Waals surface area contributed by atoms with Gasteiger partial charge in [-0.2, -0.15) is 0 Å². The molecule has 0 saturated carbocycles. The third-order valence-electron chi connectivity index (χ3n) is 2.39. The molecule has 0 aliphatic carbocycles. The van der Waals surface area contributed by atoms with E-state index < -0.39 is 6.36 Å². The van der Waals surface area contributed by atoms with E-state index >= 15 is 0 Å². The maximum absolute atomic E-state index is 12.0. The molecule has 0 aliphatic heterocycles. The summed E-state index contributed by atoms with van der Waals surface area (Å²) in [6, 6.07) is 5.11. The molecule has 4 nitrogen and oxygen atoms in total. The Morgan fingerprint density at radius 1 is 1.25 bits per heavy atom. The Bertz CT molecular complexity index is 681. The van der Waals surface area contributed by atoms with Crippen LogP contribution in [0.4, 0.5) is 13.2 Å². The van der Waals surface area contributed by atoms with E-state index in [1.165, 1.54) is 12.1 Å². The minimum absolute atomic E-state index is 0.288. The molecule has 0 amide bonds. The van der Waals surface area contributed by atoms with Crippen molar-refractivity contribution in [3.8, 4) is 17.1 Å². The predicted molar refractivity (Wildman–Crippen MR) is 74.4 cm³/mol. The summed E-state index contributed by atoms with van der Waals surface area (Å²) < 4.78 is 40.3. The van der Waals surface area contributed by atoms with Gasteiger partial charge in [0.05, 0.1) is 9.26 Å². The molecule has 1 aromatic carbocycles. The highest BCUT2D eigenvalue weighted by atomic mass is 127. The molecule has 8 heteroatoms. The Morgan fingerprint density at radius 3 is 2.35 bits per heavy atom. The van der Waals surface area contributed by atoms with E-state index in [-0.39, 0.29) is 11.3 Å². The lowest BCUT2D eigenvalue weighted by Crippen LogP contribution is -2.17. The molecule has 106 valence electrons. The summed E-state index contributed by atoms with van der Waals surface area (Å²) in [7, 11) is 0. The highest BCUT2D eigenvalue weighted by Gasteiger charge is 2.30. The lowest BCUT2D eigenvalue weighted by molar-refractivity contribution is -0.274. The first-order valence-corrected chi connectivity index (χ1v) is 6.47. The smallest absolute Gasteiger partial charge is 0.406 e. The summed E-state index contributed by atoms with van der Waals surface area (Å²) in [5, 5.41) is 0. The zero-order valence-corrected chi connectivity index (χ0v) is 12.2. The van der Waals surface area contributed by atoms with Crippen LogP contribution in [0.25, 0.3) is 11.4 Å². The van der Waals surface area contributed by atoms with Gasteiger partial charge in [-0.25, -0.2) is 4.98 Å². The number of alkyl halides is 3. The molecule has 0 aliphatic rings. The molecule has 2 aromatic rings. The number of hydrogen-bond acceptors (Lipinski definition) is 3. The third-order valence-corrected chi connectivity index (χ3v) is 3.66. The van der Waals surface area contributed by atoms with Crippen molar-refractivity contribution >= 4 is 22.6 Å². The van der Waals surface area contributed by atoms with Crippen LogP contribution >= 0.6 is 22.6 Å². The van der Waals surface area contributed by atoms with E-state index in [9.17, 15) is 18.0 Å². The van der Waals surface area contributed by atoms with Crippen LogP contribution in [-0.4, -0.2) is 16.3 Å². The second kappa shape index (κ2) is 5.43. The number of H-pyrrole nitrogens is 1. The number of aryl methyl sites for hydroxylation is 1. The molecule has 0 unspecified atom stereocenters. The van der Waals surface area contributed by atoms with Gasteiger partial charge in [0.1, 0.15) is 11.6 Å². The summed E-state index contributed by atoms with van der Waals surface area (Å²) in [4.78, 5) is 18.4. The fraction of sp³-hybridized carbons (Fsp3) is 0.167. The number of rotatable bonds is 2. The molecule has 20 heavy (non-hydrogen) atoms. The third kappa shape index (κ3) is 3.50. The molecule has 0 saturated heterocycles. The van der Waals surface area contributed by atoms with Crippen LogP contribution in [0, 0.1) is 10.5 Å². The van der Waals surface area contributed by atoms with E-state index in [1.807, 2.05) is 22.6 Å². The Balaban J connectivity index is 2.33. The van der Waals surface area contributed by atoms with Crippen molar-refractivity contribution in [2.45, 2.75) is 13.3 Å². The van der Waals surface area contributed by atoms with Crippen molar-refractivity contribution in [1.29, 1.82) is 0 Å². The van der Waals surface area contributed by atoms with Gasteiger partial charge in [-0.3, -0.25) is 4.79 Å². The molecule has 0 atom stereocenters. The van der Waals surface area contributed by atoms with Crippen LogP contribution in [0.1, 0.15) is 5.69 Å². The maximum Gasteiger partial charge on any atom is 0.573 e. The number of nitrogens with one attached hydrogen (secondary N) is 1. The van der Waals surface area contributed by atoms with Crippen molar-refractivity contribution in [3.05, 3.63) is 43.9 Å². The lowest BCUT2D eigenvalue weighted by atomic mass is 10.2. The number of aromatic amines is 1. The topological polar surface area (TPSA) is 55.0 Å². The normalized spacial score (nSPS) is 11.4. The van der Waals surface area contributed by atoms with Crippen LogP contribution in [0.5, 0.6) is 5.75 Å². The van der Waals surface area contributed by atoms with Crippen molar-refractivity contribution in [2.24, 2.45) is 0 Å². The number of aromatic nitrogens is 2. The number of hydrogen-bond donors (Lipinski definition) is 1. The SMILES string of the molecule is Cc1nc(-c2ccc(OC(F)(F)F)cc2)[nH]c(=O)c1I. The van der Waals surface area contributed by atoms with E-state index in [2.05, 4.69) is 14.7 Å². The fourth-order valence-corrected chi connectivity index (χ4v) is 1.78. The van der Waals surface area contributed by atoms with E-state index in [1.54, 1.807) is 6.92 Å². The predicted octanol–water partition coefficient (Wildman–Crippen LogP) is 3.25.